The van der Waals surface area contributed by atoms with E-state index >= 15 is 0 Å². The van der Waals surface area contributed by atoms with Crippen LogP contribution in [0.25, 0.3) is 0 Å². The van der Waals surface area contributed by atoms with E-state index in [-0.39, 0.29) is 12.1 Å². The predicted octanol–water partition coefficient (Wildman–Crippen LogP) is 4.25. The van der Waals surface area contributed by atoms with Crippen molar-refractivity contribution in [3.63, 3.8) is 0 Å². The highest BCUT2D eigenvalue weighted by Gasteiger charge is 2.25. The molecule has 0 aliphatic carbocycles. The zero-order chi connectivity index (χ0) is 15.4. The maximum Gasteiger partial charge on any atom is 0.0952 e. The van der Waals surface area contributed by atoms with Gasteiger partial charge in [-0.3, -0.25) is 9.67 Å². The molecule has 0 aliphatic rings. The fourth-order valence-electron chi connectivity index (χ4n) is 2.25. The Morgan fingerprint density at radius 1 is 1.29 bits per heavy atom. The molecule has 0 saturated carbocycles. The van der Waals surface area contributed by atoms with E-state index in [4.69, 9.17) is 23.2 Å². The van der Waals surface area contributed by atoms with Crippen LogP contribution < -0.4 is 5.32 Å². The number of hydrogen-bond donors (Lipinski definition) is 1. The maximum atomic E-state index is 6.37. The van der Waals surface area contributed by atoms with Crippen molar-refractivity contribution in [2.75, 3.05) is 6.54 Å². The quantitative estimate of drug-likeness (QED) is 0.862. The highest BCUT2D eigenvalue weighted by atomic mass is 35.5. The van der Waals surface area contributed by atoms with Crippen molar-refractivity contribution < 1.29 is 0 Å². The first-order valence-corrected chi connectivity index (χ1v) is 7.88. The lowest BCUT2D eigenvalue weighted by molar-refractivity contribution is 0.468. The van der Waals surface area contributed by atoms with E-state index < -0.39 is 0 Å². The van der Waals surface area contributed by atoms with Gasteiger partial charge in [-0.2, -0.15) is 5.10 Å². The third-order valence-electron chi connectivity index (χ3n) is 3.21. The van der Waals surface area contributed by atoms with E-state index in [0.29, 0.717) is 10.0 Å². The van der Waals surface area contributed by atoms with Crippen LogP contribution in [-0.2, 0) is 0 Å². The van der Waals surface area contributed by atoms with Gasteiger partial charge in [0.1, 0.15) is 0 Å². The molecule has 21 heavy (non-hydrogen) atoms. The van der Waals surface area contributed by atoms with E-state index in [1.807, 2.05) is 16.8 Å². The first-order chi connectivity index (χ1) is 10.1. The van der Waals surface area contributed by atoms with Crippen LogP contribution in [0.15, 0.2) is 24.5 Å². The normalized spacial score (nSPS) is 12.9. The average molecular weight is 327 g/mol. The average Bonchev–Trinajstić information content (AvgIpc) is 2.83. The van der Waals surface area contributed by atoms with Crippen LogP contribution in [0.3, 0.4) is 0 Å². The minimum absolute atomic E-state index is 0.170. The topological polar surface area (TPSA) is 42.7 Å². The largest absolute Gasteiger partial charge is 0.304 e. The summed E-state index contributed by atoms with van der Waals surface area (Å²) in [7, 11) is 0. The van der Waals surface area contributed by atoms with Gasteiger partial charge in [-0.05, 0) is 38.9 Å². The summed E-state index contributed by atoms with van der Waals surface area (Å²) in [6, 6.07) is 3.70. The molecular weight excluding hydrogens is 307 g/mol. The second-order valence-electron chi connectivity index (χ2n) is 5.17. The summed E-state index contributed by atoms with van der Waals surface area (Å²) in [6.07, 6.45) is 4.43. The Labute approximate surface area is 135 Å². The van der Waals surface area contributed by atoms with Gasteiger partial charge in [0.15, 0.2) is 0 Å². The van der Waals surface area contributed by atoms with Gasteiger partial charge in [-0.1, -0.05) is 30.1 Å². The summed E-state index contributed by atoms with van der Waals surface area (Å²) in [5.74, 6) is 0. The van der Waals surface area contributed by atoms with Gasteiger partial charge in [-0.25, -0.2) is 0 Å². The van der Waals surface area contributed by atoms with Crippen molar-refractivity contribution in [3.8, 4) is 0 Å². The Kier molecular flexibility index (Phi) is 5.62. The minimum atomic E-state index is -0.170. The second kappa shape index (κ2) is 7.25. The molecule has 0 aromatic carbocycles. The number of aromatic nitrogens is 3. The van der Waals surface area contributed by atoms with E-state index in [9.17, 15) is 0 Å². The Morgan fingerprint density at radius 2 is 2.05 bits per heavy atom. The lowest BCUT2D eigenvalue weighted by Crippen LogP contribution is -2.27. The first kappa shape index (κ1) is 16.3. The Bertz CT molecular complexity index is 595. The van der Waals surface area contributed by atoms with Crippen molar-refractivity contribution in [3.05, 3.63) is 46.0 Å². The molecule has 0 amide bonds. The van der Waals surface area contributed by atoms with Crippen LogP contribution in [-0.4, -0.2) is 21.3 Å². The molecule has 2 rings (SSSR count). The molecule has 0 saturated heterocycles. The van der Waals surface area contributed by atoms with E-state index in [2.05, 4.69) is 36.2 Å². The number of halogens is 2. The maximum absolute atomic E-state index is 6.37. The van der Waals surface area contributed by atoms with Gasteiger partial charge in [0.25, 0.3) is 0 Å². The third-order valence-corrected chi connectivity index (χ3v) is 3.82. The number of rotatable bonds is 6. The van der Waals surface area contributed by atoms with Gasteiger partial charge in [0.05, 0.1) is 33.7 Å². The summed E-state index contributed by atoms with van der Waals surface area (Å²) < 4.78 is 1.92. The van der Waals surface area contributed by atoms with Crippen LogP contribution in [0, 0.1) is 0 Å². The molecule has 0 spiro atoms. The number of pyridine rings is 1. The fourth-order valence-corrected chi connectivity index (χ4v) is 2.72. The zero-order valence-electron chi connectivity index (χ0n) is 12.5. The SMILES string of the molecule is CCCNC(c1ncccc1Cl)c1c(Cl)cnn1C(C)C. The van der Waals surface area contributed by atoms with E-state index in [1.54, 1.807) is 12.4 Å². The standard InChI is InChI=1S/C15H20Cl2N4/c1-4-7-18-14(13-11(16)6-5-8-19-13)15-12(17)9-20-21(15)10(2)3/h5-6,8-10,14,18H,4,7H2,1-3H3. The van der Waals surface area contributed by atoms with Crippen molar-refractivity contribution in [1.82, 2.24) is 20.1 Å². The Morgan fingerprint density at radius 3 is 2.67 bits per heavy atom. The van der Waals surface area contributed by atoms with E-state index in [0.717, 1.165) is 24.4 Å². The van der Waals surface area contributed by atoms with Crippen LogP contribution in [0.5, 0.6) is 0 Å². The molecule has 0 fully saturated rings. The van der Waals surface area contributed by atoms with Crippen LogP contribution in [0.4, 0.5) is 0 Å². The van der Waals surface area contributed by atoms with Crippen molar-refractivity contribution >= 4 is 23.2 Å². The Balaban J connectivity index is 2.51. The van der Waals surface area contributed by atoms with Gasteiger partial charge in [0.2, 0.25) is 0 Å². The molecule has 4 nitrogen and oxygen atoms in total. The predicted molar refractivity (Wildman–Crippen MR) is 87.0 cm³/mol. The zero-order valence-corrected chi connectivity index (χ0v) is 14.0. The van der Waals surface area contributed by atoms with Crippen LogP contribution >= 0.6 is 23.2 Å². The van der Waals surface area contributed by atoms with Crippen molar-refractivity contribution in [2.45, 2.75) is 39.3 Å². The molecule has 1 atom stereocenters. The molecule has 2 aromatic heterocycles. The number of nitrogens with zero attached hydrogens (tertiary/aromatic N) is 3. The van der Waals surface area contributed by atoms with Crippen molar-refractivity contribution in [1.29, 1.82) is 0 Å². The van der Waals surface area contributed by atoms with E-state index in [1.165, 1.54) is 0 Å². The summed E-state index contributed by atoms with van der Waals surface area (Å²) in [5, 5.41) is 9.09. The lowest BCUT2D eigenvalue weighted by Gasteiger charge is -2.22. The summed E-state index contributed by atoms with van der Waals surface area (Å²) in [4.78, 5) is 4.43. The molecule has 0 radical (unpaired) electrons. The Hall–Kier alpha value is -1.10. The first-order valence-electron chi connectivity index (χ1n) is 7.13. The highest BCUT2D eigenvalue weighted by molar-refractivity contribution is 6.32. The molecule has 1 unspecified atom stereocenters. The van der Waals surface area contributed by atoms with Crippen molar-refractivity contribution in [2.24, 2.45) is 0 Å². The number of hydrogen-bond acceptors (Lipinski definition) is 3. The monoisotopic (exact) mass is 326 g/mol. The second-order valence-corrected chi connectivity index (χ2v) is 5.99. The van der Waals surface area contributed by atoms with Gasteiger partial charge in [0, 0.05) is 12.2 Å². The summed E-state index contributed by atoms with van der Waals surface area (Å²) in [5.41, 5.74) is 1.68. The molecular formula is C15H20Cl2N4. The smallest absolute Gasteiger partial charge is 0.0952 e. The molecule has 0 aliphatic heterocycles. The lowest BCUT2D eigenvalue weighted by atomic mass is 10.1. The molecule has 2 heterocycles. The molecule has 6 heteroatoms. The minimum Gasteiger partial charge on any atom is -0.304 e. The van der Waals surface area contributed by atoms with Gasteiger partial charge in [-0.15, -0.1) is 0 Å². The summed E-state index contributed by atoms with van der Waals surface area (Å²) >= 11 is 12.7. The van der Waals surface area contributed by atoms with Gasteiger partial charge < -0.3 is 5.32 Å². The molecule has 2 aromatic rings. The highest BCUT2D eigenvalue weighted by Crippen LogP contribution is 2.32. The third kappa shape index (κ3) is 3.57. The number of nitrogens with one attached hydrogen (secondary N) is 1. The molecule has 114 valence electrons. The fraction of sp³-hybridized carbons (Fsp3) is 0.467. The molecule has 0 bridgehead atoms. The van der Waals surface area contributed by atoms with Crippen LogP contribution in [0.1, 0.15) is 50.7 Å². The van der Waals surface area contributed by atoms with Crippen LogP contribution in [0.2, 0.25) is 10.0 Å². The molecule has 1 N–H and O–H groups in total. The van der Waals surface area contributed by atoms with Gasteiger partial charge >= 0.3 is 0 Å². The summed E-state index contributed by atoms with van der Waals surface area (Å²) in [6.45, 7) is 7.11.